The van der Waals surface area contributed by atoms with Gasteiger partial charge >= 0.3 is 0 Å². The zero-order valence-electron chi connectivity index (χ0n) is 14.1. The minimum Gasteiger partial charge on any atom is -0.383 e. The molecule has 1 atom stereocenters. The van der Waals surface area contributed by atoms with Gasteiger partial charge in [0.05, 0.1) is 12.1 Å². The highest BCUT2D eigenvalue weighted by Crippen LogP contribution is 2.27. The number of likely N-dealkylation sites (tertiary alicyclic amines) is 1. The molecule has 2 heterocycles. The van der Waals surface area contributed by atoms with Crippen LogP contribution in [0.1, 0.15) is 23.1 Å². The SMILES string of the molecule is COCCN1C[C@H](Cc2ccnc3c(C)cc(C)cc23)CC1=O. The number of pyridine rings is 1. The van der Waals surface area contributed by atoms with E-state index < -0.39 is 0 Å². The molecule has 122 valence electrons. The summed E-state index contributed by atoms with van der Waals surface area (Å²) in [5.41, 5.74) is 4.85. The molecule has 1 aromatic heterocycles. The predicted molar refractivity (Wildman–Crippen MR) is 91.5 cm³/mol. The third-order valence-corrected chi connectivity index (χ3v) is 4.64. The number of aryl methyl sites for hydroxylation is 2. The molecular weight excluding hydrogens is 288 g/mol. The van der Waals surface area contributed by atoms with Crippen molar-refractivity contribution in [3.05, 3.63) is 41.1 Å². The molecule has 1 aliphatic rings. The minimum atomic E-state index is 0.248. The van der Waals surface area contributed by atoms with E-state index in [2.05, 4.69) is 37.0 Å². The maximum atomic E-state index is 12.1. The highest BCUT2D eigenvalue weighted by Gasteiger charge is 2.29. The average Bonchev–Trinajstić information content (AvgIpc) is 2.85. The zero-order valence-corrected chi connectivity index (χ0v) is 14.1. The van der Waals surface area contributed by atoms with Crippen molar-refractivity contribution in [1.82, 2.24) is 9.88 Å². The van der Waals surface area contributed by atoms with Gasteiger partial charge in [0.25, 0.3) is 0 Å². The van der Waals surface area contributed by atoms with Crippen molar-refractivity contribution >= 4 is 16.8 Å². The van der Waals surface area contributed by atoms with Crippen LogP contribution in [-0.4, -0.2) is 42.6 Å². The largest absolute Gasteiger partial charge is 0.383 e. The molecule has 0 spiro atoms. The number of methoxy groups -OCH3 is 1. The molecular formula is C19H24N2O2. The van der Waals surface area contributed by atoms with Crippen LogP contribution >= 0.6 is 0 Å². The summed E-state index contributed by atoms with van der Waals surface area (Å²) in [6.07, 6.45) is 3.45. The van der Waals surface area contributed by atoms with Crippen LogP contribution in [0.15, 0.2) is 24.4 Å². The first-order valence-corrected chi connectivity index (χ1v) is 8.20. The van der Waals surface area contributed by atoms with Crippen molar-refractivity contribution < 1.29 is 9.53 Å². The molecule has 1 fully saturated rings. The number of fused-ring (bicyclic) bond motifs is 1. The second kappa shape index (κ2) is 6.67. The lowest BCUT2D eigenvalue weighted by molar-refractivity contribution is -0.128. The van der Waals surface area contributed by atoms with Gasteiger partial charge in [-0.1, -0.05) is 11.6 Å². The number of ether oxygens (including phenoxy) is 1. The van der Waals surface area contributed by atoms with Crippen LogP contribution in [0, 0.1) is 19.8 Å². The van der Waals surface area contributed by atoms with E-state index >= 15 is 0 Å². The fourth-order valence-corrected chi connectivity index (χ4v) is 3.56. The van der Waals surface area contributed by atoms with Crippen LogP contribution < -0.4 is 0 Å². The maximum absolute atomic E-state index is 12.1. The van der Waals surface area contributed by atoms with E-state index in [0.717, 1.165) is 18.5 Å². The Kier molecular flexibility index (Phi) is 4.62. The van der Waals surface area contributed by atoms with Gasteiger partial charge in [-0.05, 0) is 49.4 Å². The molecule has 0 saturated carbocycles. The molecule has 4 nitrogen and oxygen atoms in total. The van der Waals surface area contributed by atoms with Crippen LogP contribution in [0.2, 0.25) is 0 Å². The standard InChI is InChI=1S/C19H24N2O2/c1-13-8-14(2)19-17(9-13)16(4-5-20-19)10-15-11-18(22)21(12-15)6-7-23-3/h4-5,8-9,15H,6-7,10-12H2,1-3H3/t15-/m1/s1. The minimum absolute atomic E-state index is 0.248. The summed E-state index contributed by atoms with van der Waals surface area (Å²) < 4.78 is 5.09. The van der Waals surface area contributed by atoms with Crippen molar-refractivity contribution in [3.8, 4) is 0 Å². The number of aromatic nitrogens is 1. The third kappa shape index (κ3) is 3.37. The normalized spacial score (nSPS) is 18.1. The summed E-state index contributed by atoms with van der Waals surface area (Å²) in [6, 6.07) is 6.48. The van der Waals surface area contributed by atoms with E-state index in [9.17, 15) is 4.79 Å². The number of carbonyl (C=O) groups is 1. The number of hydrogen-bond acceptors (Lipinski definition) is 3. The zero-order chi connectivity index (χ0) is 16.4. The van der Waals surface area contributed by atoms with Crippen molar-refractivity contribution in [3.63, 3.8) is 0 Å². The molecule has 2 aromatic rings. The second-order valence-corrected chi connectivity index (χ2v) is 6.55. The first-order valence-electron chi connectivity index (χ1n) is 8.20. The van der Waals surface area contributed by atoms with Crippen molar-refractivity contribution in [2.24, 2.45) is 5.92 Å². The van der Waals surface area contributed by atoms with E-state index in [0.29, 0.717) is 25.5 Å². The van der Waals surface area contributed by atoms with Gasteiger partial charge in [0.15, 0.2) is 0 Å². The summed E-state index contributed by atoms with van der Waals surface area (Å²) >= 11 is 0. The second-order valence-electron chi connectivity index (χ2n) is 6.55. The van der Waals surface area contributed by atoms with E-state index in [1.165, 1.54) is 22.1 Å². The Hall–Kier alpha value is -1.94. The molecule has 1 saturated heterocycles. The van der Waals surface area contributed by atoms with Gasteiger partial charge in [0, 0.05) is 38.2 Å². The van der Waals surface area contributed by atoms with Crippen molar-refractivity contribution in [2.45, 2.75) is 26.7 Å². The van der Waals surface area contributed by atoms with E-state index in [1.807, 2.05) is 11.1 Å². The number of benzene rings is 1. The lowest BCUT2D eigenvalue weighted by Crippen LogP contribution is -2.28. The highest BCUT2D eigenvalue weighted by atomic mass is 16.5. The molecule has 4 heteroatoms. The summed E-state index contributed by atoms with van der Waals surface area (Å²) in [5.74, 6) is 0.628. The summed E-state index contributed by atoms with van der Waals surface area (Å²) in [5, 5.41) is 1.23. The summed E-state index contributed by atoms with van der Waals surface area (Å²) in [6.45, 7) is 6.36. The van der Waals surface area contributed by atoms with Crippen LogP contribution in [-0.2, 0) is 16.0 Å². The summed E-state index contributed by atoms with van der Waals surface area (Å²) in [4.78, 5) is 18.6. The number of nitrogens with zero attached hydrogens (tertiary/aromatic N) is 2. The Bertz CT molecular complexity index is 727. The van der Waals surface area contributed by atoms with Gasteiger partial charge in [-0.25, -0.2) is 0 Å². The predicted octanol–water partition coefficient (Wildman–Crippen LogP) is 2.89. The van der Waals surface area contributed by atoms with E-state index in [-0.39, 0.29) is 5.91 Å². The smallest absolute Gasteiger partial charge is 0.223 e. The van der Waals surface area contributed by atoms with Gasteiger partial charge < -0.3 is 9.64 Å². The van der Waals surface area contributed by atoms with Crippen molar-refractivity contribution in [2.75, 3.05) is 26.8 Å². The molecule has 0 aliphatic carbocycles. The Morgan fingerprint density at radius 2 is 2.17 bits per heavy atom. The lowest BCUT2D eigenvalue weighted by Gasteiger charge is -2.16. The van der Waals surface area contributed by atoms with Gasteiger partial charge in [0.1, 0.15) is 0 Å². The molecule has 1 amide bonds. The Morgan fingerprint density at radius 1 is 1.35 bits per heavy atom. The van der Waals surface area contributed by atoms with Crippen molar-refractivity contribution in [1.29, 1.82) is 0 Å². The molecule has 1 aliphatic heterocycles. The highest BCUT2D eigenvalue weighted by molar-refractivity contribution is 5.86. The fourth-order valence-electron chi connectivity index (χ4n) is 3.56. The fraction of sp³-hybridized carbons (Fsp3) is 0.474. The maximum Gasteiger partial charge on any atom is 0.223 e. The van der Waals surface area contributed by atoms with Crippen LogP contribution in [0.4, 0.5) is 0 Å². The number of carbonyl (C=O) groups excluding carboxylic acids is 1. The molecule has 0 radical (unpaired) electrons. The topological polar surface area (TPSA) is 42.4 Å². The summed E-state index contributed by atoms with van der Waals surface area (Å²) in [7, 11) is 1.67. The Labute approximate surface area is 137 Å². The van der Waals surface area contributed by atoms with Gasteiger partial charge in [0.2, 0.25) is 5.91 Å². The van der Waals surface area contributed by atoms with Gasteiger partial charge in [-0.2, -0.15) is 0 Å². The first-order chi connectivity index (χ1) is 11.1. The van der Waals surface area contributed by atoms with Gasteiger partial charge in [-0.3, -0.25) is 9.78 Å². The van der Waals surface area contributed by atoms with E-state index in [4.69, 9.17) is 4.74 Å². The first kappa shape index (κ1) is 15.9. The lowest BCUT2D eigenvalue weighted by atomic mass is 9.94. The van der Waals surface area contributed by atoms with Crippen LogP contribution in [0.25, 0.3) is 10.9 Å². The van der Waals surface area contributed by atoms with Crippen LogP contribution in [0.3, 0.4) is 0 Å². The molecule has 0 unspecified atom stereocenters. The van der Waals surface area contributed by atoms with E-state index in [1.54, 1.807) is 7.11 Å². The monoisotopic (exact) mass is 312 g/mol. The molecule has 0 N–H and O–H groups in total. The van der Waals surface area contributed by atoms with Gasteiger partial charge in [-0.15, -0.1) is 0 Å². The number of hydrogen-bond donors (Lipinski definition) is 0. The molecule has 1 aromatic carbocycles. The molecule has 3 rings (SSSR count). The third-order valence-electron chi connectivity index (χ3n) is 4.64. The average molecular weight is 312 g/mol. The number of rotatable bonds is 5. The number of amides is 1. The quantitative estimate of drug-likeness (QED) is 0.852. The molecule has 23 heavy (non-hydrogen) atoms. The Balaban J connectivity index is 1.81. The molecule has 0 bridgehead atoms. The van der Waals surface area contributed by atoms with Crippen LogP contribution in [0.5, 0.6) is 0 Å². The Morgan fingerprint density at radius 3 is 2.96 bits per heavy atom.